The van der Waals surface area contributed by atoms with Crippen LogP contribution in [0, 0.1) is 0 Å². The highest BCUT2D eigenvalue weighted by Gasteiger charge is 2.09. The molecule has 4 aromatic rings. The summed E-state index contributed by atoms with van der Waals surface area (Å²) in [5, 5.41) is 15.0. The van der Waals surface area contributed by atoms with Gasteiger partial charge in [-0.15, -0.1) is 10.2 Å². The monoisotopic (exact) mass is 536 g/mol. The number of fused-ring (bicyclic) bond motifs is 1. The van der Waals surface area contributed by atoms with Gasteiger partial charge in [-0.3, -0.25) is 4.79 Å². The van der Waals surface area contributed by atoms with Crippen LogP contribution in [0.3, 0.4) is 0 Å². The molecule has 1 N–H and O–H groups in total. The molecule has 3 aromatic carbocycles. The number of unbranched alkanes of at least 4 members (excludes halogenated alkanes) is 2. The number of hydrazone groups is 1. The third-order valence-electron chi connectivity index (χ3n) is 5.25. The number of thioether (sulfide) groups is 2. The van der Waals surface area contributed by atoms with E-state index in [-0.39, 0.29) is 11.7 Å². The number of ether oxygens (including phenoxy) is 1. The van der Waals surface area contributed by atoms with Crippen molar-refractivity contribution in [2.24, 2.45) is 5.10 Å². The number of carbonyl (C=O) groups is 1. The SMILES string of the molecule is CCCCCOc1ccc(C=NNC(=O)CSc2nnc(SCc3cccc4ccccc34)s2)cc1. The molecule has 0 spiro atoms. The first-order valence-corrected chi connectivity index (χ1v) is 14.6. The molecule has 9 heteroatoms. The van der Waals surface area contributed by atoms with E-state index in [1.54, 1.807) is 18.0 Å². The van der Waals surface area contributed by atoms with Gasteiger partial charge in [0.25, 0.3) is 5.91 Å². The van der Waals surface area contributed by atoms with Gasteiger partial charge < -0.3 is 4.74 Å². The highest BCUT2D eigenvalue weighted by Crippen LogP contribution is 2.32. The fourth-order valence-electron chi connectivity index (χ4n) is 3.40. The minimum atomic E-state index is -0.188. The van der Waals surface area contributed by atoms with Crippen LogP contribution >= 0.6 is 34.9 Å². The van der Waals surface area contributed by atoms with Crippen molar-refractivity contribution in [1.82, 2.24) is 15.6 Å². The van der Waals surface area contributed by atoms with Gasteiger partial charge in [-0.05, 0) is 52.6 Å². The summed E-state index contributed by atoms with van der Waals surface area (Å²) in [6.45, 7) is 2.90. The van der Waals surface area contributed by atoms with Crippen LogP contribution in [0.1, 0.15) is 37.3 Å². The van der Waals surface area contributed by atoms with Gasteiger partial charge in [-0.2, -0.15) is 5.10 Å². The Morgan fingerprint density at radius 3 is 2.61 bits per heavy atom. The van der Waals surface area contributed by atoms with E-state index in [9.17, 15) is 4.79 Å². The van der Waals surface area contributed by atoms with Gasteiger partial charge in [-0.25, -0.2) is 5.43 Å². The van der Waals surface area contributed by atoms with E-state index >= 15 is 0 Å². The Labute approximate surface area is 223 Å². The quantitative estimate of drug-likeness (QED) is 0.0877. The predicted molar refractivity (Wildman–Crippen MR) is 151 cm³/mol. The first kappa shape index (κ1) is 26.2. The summed E-state index contributed by atoms with van der Waals surface area (Å²) in [5.74, 6) is 1.70. The molecule has 6 nitrogen and oxygen atoms in total. The molecular weight excluding hydrogens is 509 g/mol. The summed E-state index contributed by atoms with van der Waals surface area (Å²) >= 11 is 4.53. The van der Waals surface area contributed by atoms with E-state index in [1.807, 2.05) is 24.3 Å². The van der Waals surface area contributed by atoms with Crippen LogP contribution in [-0.4, -0.2) is 34.7 Å². The highest BCUT2D eigenvalue weighted by molar-refractivity contribution is 8.03. The van der Waals surface area contributed by atoms with Crippen molar-refractivity contribution in [2.45, 2.75) is 40.6 Å². The number of carbonyl (C=O) groups excluding carboxylic acids is 1. The minimum Gasteiger partial charge on any atom is -0.494 e. The molecular formula is C27H28N4O2S3. The maximum Gasteiger partial charge on any atom is 0.250 e. The van der Waals surface area contributed by atoms with E-state index in [0.717, 1.165) is 38.8 Å². The first-order chi connectivity index (χ1) is 17.7. The first-order valence-electron chi connectivity index (χ1n) is 11.8. The second-order valence-electron chi connectivity index (χ2n) is 7.97. The van der Waals surface area contributed by atoms with Gasteiger partial charge in [-0.1, -0.05) is 97.1 Å². The number of hydrogen-bond donors (Lipinski definition) is 1. The third-order valence-corrected chi connectivity index (χ3v) is 8.48. The Balaban J connectivity index is 1.18. The van der Waals surface area contributed by atoms with Crippen molar-refractivity contribution in [1.29, 1.82) is 0 Å². The fourth-order valence-corrected chi connectivity index (χ4v) is 6.22. The molecule has 4 rings (SSSR count). The Kier molecular flexibility index (Phi) is 10.2. The number of hydrogen-bond acceptors (Lipinski definition) is 8. The van der Waals surface area contributed by atoms with Crippen LogP contribution in [0.15, 0.2) is 80.5 Å². The fraction of sp³-hybridized carbons (Fsp3) is 0.259. The zero-order valence-electron chi connectivity index (χ0n) is 20.1. The number of nitrogens with one attached hydrogen (secondary N) is 1. The molecule has 1 heterocycles. The lowest BCUT2D eigenvalue weighted by Gasteiger charge is -2.05. The Hall–Kier alpha value is -2.88. The standard InChI is InChI=1S/C27H28N4O2S3/c1-2-3-6-16-33-23-14-12-20(13-15-23)17-28-29-25(32)19-35-27-31-30-26(36-27)34-18-22-10-7-9-21-8-4-5-11-24(21)22/h4-5,7-15,17H,2-3,6,16,18-19H2,1H3,(H,29,32). The van der Waals surface area contributed by atoms with Crippen LogP contribution in [0.25, 0.3) is 10.8 Å². The van der Waals surface area contributed by atoms with Crippen molar-refractivity contribution in [3.8, 4) is 5.75 Å². The lowest BCUT2D eigenvalue weighted by Crippen LogP contribution is -2.19. The van der Waals surface area contributed by atoms with Gasteiger partial charge >= 0.3 is 0 Å². The average Bonchev–Trinajstić information content (AvgIpc) is 3.37. The number of benzene rings is 3. The Morgan fingerprint density at radius 1 is 1.00 bits per heavy atom. The normalized spacial score (nSPS) is 11.2. The Morgan fingerprint density at radius 2 is 1.78 bits per heavy atom. The second kappa shape index (κ2) is 14.0. The summed E-state index contributed by atoms with van der Waals surface area (Å²) in [5.41, 5.74) is 4.73. The molecule has 0 aliphatic carbocycles. The zero-order valence-corrected chi connectivity index (χ0v) is 22.5. The van der Waals surface area contributed by atoms with Crippen LogP contribution in [0.2, 0.25) is 0 Å². The zero-order chi connectivity index (χ0) is 25.0. The molecule has 0 unspecified atom stereocenters. The van der Waals surface area contributed by atoms with Crippen LogP contribution in [0.5, 0.6) is 5.75 Å². The van der Waals surface area contributed by atoms with Crippen molar-refractivity contribution < 1.29 is 9.53 Å². The van der Waals surface area contributed by atoms with Crippen molar-refractivity contribution in [3.63, 3.8) is 0 Å². The smallest absolute Gasteiger partial charge is 0.250 e. The average molecular weight is 537 g/mol. The lowest BCUT2D eigenvalue weighted by atomic mass is 10.1. The predicted octanol–water partition coefficient (Wildman–Crippen LogP) is 6.80. The largest absolute Gasteiger partial charge is 0.494 e. The van der Waals surface area contributed by atoms with Crippen molar-refractivity contribution >= 4 is 57.8 Å². The molecule has 0 aliphatic rings. The molecule has 1 aromatic heterocycles. The van der Waals surface area contributed by atoms with E-state index in [2.05, 4.69) is 70.1 Å². The summed E-state index contributed by atoms with van der Waals surface area (Å²) < 4.78 is 7.37. The van der Waals surface area contributed by atoms with E-state index in [1.165, 1.54) is 52.3 Å². The number of nitrogens with zero attached hydrogens (tertiary/aromatic N) is 3. The van der Waals surface area contributed by atoms with Crippen LogP contribution in [0.4, 0.5) is 0 Å². The summed E-state index contributed by atoms with van der Waals surface area (Å²) in [6.07, 6.45) is 5.03. The maximum absolute atomic E-state index is 12.2. The molecule has 0 aliphatic heterocycles. The molecule has 0 saturated heterocycles. The Bertz CT molecular complexity index is 1290. The topological polar surface area (TPSA) is 76.5 Å². The molecule has 0 radical (unpaired) electrons. The second-order valence-corrected chi connectivity index (χ2v) is 11.4. The van der Waals surface area contributed by atoms with Crippen molar-refractivity contribution in [3.05, 3.63) is 77.9 Å². The molecule has 1 amide bonds. The molecule has 0 fully saturated rings. The van der Waals surface area contributed by atoms with Crippen LogP contribution in [-0.2, 0) is 10.5 Å². The van der Waals surface area contributed by atoms with Gasteiger partial charge in [0.15, 0.2) is 8.68 Å². The highest BCUT2D eigenvalue weighted by atomic mass is 32.2. The van der Waals surface area contributed by atoms with Gasteiger partial charge in [0.05, 0.1) is 18.6 Å². The maximum atomic E-state index is 12.2. The van der Waals surface area contributed by atoms with E-state index in [0.29, 0.717) is 0 Å². The van der Waals surface area contributed by atoms with Crippen LogP contribution < -0.4 is 10.2 Å². The molecule has 0 bridgehead atoms. The summed E-state index contributed by atoms with van der Waals surface area (Å²) in [6, 6.07) is 22.4. The van der Waals surface area contributed by atoms with Gasteiger partial charge in [0.2, 0.25) is 0 Å². The number of amides is 1. The van der Waals surface area contributed by atoms with E-state index in [4.69, 9.17) is 4.74 Å². The van der Waals surface area contributed by atoms with Gasteiger partial charge in [0, 0.05) is 5.75 Å². The number of rotatable bonds is 13. The van der Waals surface area contributed by atoms with Crippen molar-refractivity contribution in [2.75, 3.05) is 12.4 Å². The minimum absolute atomic E-state index is 0.188. The summed E-state index contributed by atoms with van der Waals surface area (Å²) in [4.78, 5) is 12.2. The molecule has 0 atom stereocenters. The summed E-state index contributed by atoms with van der Waals surface area (Å²) in [7, 11) is 0. The molecule has 0 saturated carbocycles. The third kappa shape index (κ3) is 8.08. The molecule has 186 valence electrons. The molecule has 36 heavy (non-hydrogen) atoms. The lowest BCUT2D eigenvalue weighted by molar-refractivity contribution is -0.118. The number of aromatic nitrogens is 2. The van der Waals surface area contributed by atoms with Gasteiger partial charge in [0.1, 0.15) is 5.75 Å². The van der Waals surface area contributed by atoms with E-state index < -0.39 is 0 Å².